The van der Waals surface area contributed by atoms with Crippen molar-refractivity contribution in [2.75, 3.05) is 25.1 Å². The number of hydrogen-bond acceptors (Lipinski definition) is 7. The number of aryl methyl sites for hydroxylation is 1. The fourth-order valence-corrected chi connectivity index (χ4v) is 3.82. The maximum Gasteiger partial charge on any atom is 0.231 e. The molecular weight excluding hydrogens is 312 g/mol. The molecule has 0 aliphatic carbocycles. The molecular formula is C15H18N6OS. The molecule has 3 aromatic rings. The van der Waals surface area contributed by atoms with Crippen molar-refractivity contribution in [1.29, 1.82) is 0 Å². The van der Waals surface area contributed by atoms with E-state index in [-0.39, 0.29) is 0 Å². The highest BCUT2D eigenvalue weighted by Gasteiger charge is 2.26. The molecule has 8 heteroatoms. The van der Waals surface area contributed by atoms with Crippen LogP contribution in [0.25, 0.3) is 5.65 Å². The Labute approximate surface area is 137 Å². The Bertz CT molecular complexity index is 820. The Kier molecular flexibility index (Phi) is 3.60. The molecule has 0 spiro atoms. The maximum absolute atomic E-state index is 5.21. The first kappa shape index (κ1) is 14.4. The smallest absolute Gasteiger partial charge is 0.231 e. The lowest BCUT2D eigenvalue weighted by Gasteiger charge is -2.30. The third-order valence-corrected chi connectivity index (χ3v) is 5.23. The summed E-state index contributed by atoms with van der Waals surface area (Å²) in [5, 5.41) is 16.3. The van der Waals surface area contributed by atoms with Crippen molar-refractivity contribution < 1.29 is 4.74 Å². The summed E-state index contributed by atoms with van der Waals surface area (Å²) in [6.45, 7) is 4.00. The molecule has 23 heavy (non-hydrogen) atoms. The minimum atomic E-state index is 0.363. The Balaban J connectivity index is 1.54. The second-order valence-electron chi connectivity index (χ2n) is 5.74. The van der Waals surface area contributed by atoms with Crippen LogP contribution in [-0.4, -0.2) is 45.0 Å². The number of anilines is 1. The number of piperidine rings is 1. The predicted molar refractivity (Wildman–Crippen MR) is 88.4 cm³/mol. The minimum absolute atomic E-state index is 0.363. The molecule has 3 aromatic heterocycles. The number of rotatable bonds is 3. The molecule has 0 N–H and O–H groups in total. The molecule has 0 aromatic carbocycles. The highest BCUT2D eigenvalue weighted by Crippen LogP contribution is 2.31. The van der Waals surface area contributed by atoms with Crippen molar-refractivity contribution in [3.05, 3.63) is 29.0 Å². The van der Waals surface area contributed by atoms with E-state index >= 15 is 0 Å². The number of ether oxygens (including phenoxy) is 1. The van der Waals surface area contributed by atoms with Gasteiger partial charge >= 0.3 is 0 Å². The number of thiazole rings is 1. The second-order valence-corrected chi connectivity index (χ2v) is 6.57. The molecule has 0 unspecified atom stereocenters. The lowest BCUT2D eigenvalue weighted by atomic mass is 9.96. The van der Waals surface area contributed by atoms with Crippen molar-refractivity contribution in [2.45, 2.75) is 25.7 Å². The zero-order valence-corrected chi connectivity index (χ0v) is 14.0. The molecule has 1 fully saturated rings. The first-order valence-electron chi connectivity index (χ1n) is 7.68. The largest absolute Gasteiger partial charge is 0.480 e. The van der Waals surface area contributed by atoms with E-state index in [2.05, 4.69) is 30.6 Å². The van der Waals surface area contributed by atoms with Gasteiger partial charge in [-0.3, -0.25) is 0 Å². The van der Waals surface area contributed by atoms with Crippen molar-refractivity contribution in [2.24, 2.45) is 0 Å². The van der Waals surface area contributed by atoms with Crippen LogP contribution in [0.4, 0.5) is 5.13 Å². The normalized spacial score (nSPS) is 16.2. The summed E-state index contributed by atoms with van der Waals surface area (Å²) in [5.74, 6) is 1.87. The average molecular weight is 330 g/mol. The van der Waals surface area contributed by atoms with Gasteiger partial charge in [0, 0.05) is 30.5 Å². The summed E-state index contributed by atoms with van der Waals surface area (Å²) >= 11 is 1.72. The van der Waals surface area contributed by atoms with Crippen molar-refractivity contribution in [1.82, 2.24) is 24.8 Å². The molecule has 1 aliphatic rings. The van der Waals surface area contributed by atoms with Crippen LogP contribution >= 0.6 is 11.3 Å². The van der Waals surface area contributed by atoms with Crippen LogP contribution in [0.1, 0.15) is 30.3 Å². The molecule has 4 heterocycles. The Morgan fingerprint density at radius 3 is 2.74 bits per heavy atom. The van der Waals surface area contributed by atoms with Crippen molar-refractivity contribution in [3.63, 3.8) is 0 Å². The van der Waals surface area contributed by atoms with Crippen LogP contribution in [0.5, 0.6) is 5.88 Å². The maximum atomic E-state index is 5.21. The van der Waals surface area contributed by atoms with Crippen molar-refractivity contribution in [3.8, 4) is 5.88 Å². The van der Waals surface area contributed by atoms with E-state index < -0.39 is 0 Å². The molecule has 0 saturated carbocycles. The highest BCUT2D eigenvalue weighted by molar-refractivity contribution is 7.13. The molecule has 0 amide bonds. The van der Waals surface area contributed by atoms with E-state index in [1.165, 1.54) is 0 Å². The fraction of sp³-hybridized carbons (Fsp3) is 0.467. The van der Waals surface area contributed by atoms with E-state index in [4.69, 9.17) is 4.74 Å². The lowest BCUT2D eigenvalue weighted by Crippen LogP contribution is -2.33. The summed E-state index contributed by atoms with van der Waals surface area (Å²) in [6, 6.07) is 3.69. The zero-order valence-electron chi connectivity index (χ0n) is 13.1. The van der Waals surface area contributed by atoms with Crippen LogP contribution in [0.3, 0.4) is 0 Å². The van der Waals surface area contributed by atoms with Crippen LogP contribution in [0.15, 0.2) is 17.5 Å². The summed E-state index contributed by atoms with van der Waals surface area (Å²) in [6.07, 6.45) is 2.05. The molecule has 7 nitrogen and oxygen atoms in total. The Hall–Kier alpha value is -2.22. The van der Waals surface area contributed by atoms with Gasteiger partial charge in [0.1, 0.15) is 0 Å². The van der Waals surface area contributed by atoms with Gasteiger partial charge < -0.3 is 9.64 Å². The molecule has 4 rings (SSSR count). The SMILES string of the molecule is COc1ccc2nnc(C3CCN(c4nc(C)cs4)CC3)n2n1. The number of methoxy groups -OCH3 is 1. The monoisotopic (exact) mass is 330 g/mol. The van der Waals surface area contributed by atoms with E-state index in [1.54, 1.807) is 24.5 Å². The Morgan fingerprint density at radius 1 is 1.22 bits per heavy atom. The summed E-state index contributed by atoms with van der Waals surface area (Å²) < 4.78 is 7.02. The van der Waals surface area contributed by atoms with Crippen LogP contribution in [-0.2, 0) is 0 Å². The van der Waals surface area contributed by atoms with Gasteiger partial charge in [-0.05, 0) is 25.8 Å². The fourth-order valence-electron chi connectivity index (χ4n) is 2.97. The first-order chi connectivity index (χ1) is 11.2. The third-order valence-electron chi connectivity index (χ3n) is 4.21. The van der Waals surface area contributed by atoms with Gasteiger partial charge in [-0.25, -0.2) is 4.98 Å². The zero-order chi connectivity index (χ0) is 15.8. The van der Waals surface area contributed by atoms with Gasteiger partial charge in [0.15, 0.2) is 16.6 Å². The highest BCUT2D eigenvalue weighted by atomic mass is 32.1. The minimum Gasteiger partial charge on any atom is -0.480 e. The molecule has 1 aliphatic heterocycles. The van der Waals surface area contributed by atoms with Gasteiger partial charge in [0.25, 0.3) is 0 Å². The summed E-state index contributed by atoms with van der Waals surface area (Å²) in [4.78, 5) is 6.93. The average Bonchev–Trinajstić information content (AvgIpc) is 3.20. The van der Waals surface area contributed by atoms with Crippen LogP contribution in [0.2, 0.25) is 0 Å². The Morgan fingerprint density at radius 2 is 2.04 bits per heavy atom. The molecule has 120 valence electrons. The van der Waals surface area contributed by atoms with E-state index in [9.17, 15) is 0 Å². The molecule has 0 bridgehead atoms. The number of fused-ring (bicyclic) bond motifs is 1. The standard InChI is InChI=1S/C15H18N6OS/c1-10-9-23-15(16-10)20-7-5-11(6-8-20)14-18-17-12-3-4-13(22-2)19-21(12)14/h3-4,9,11H,5-8H2,1-2H3. The van der Waals surface area contributed by atoms with Crippen molar-refractivity contribution >= 4 is 22.1 Å². The lowest BCUT2D eigenvalue weighted by molar-refractivity contribution is 0.387. The van der Waals surface area contributed by atoms with E-state index in [0.29, 0.717) is 11.8 Å². The number of hydrogen-bond donors (Lipinski definition) is 0. The summed E-state index contributed by atoms with van der Waals surface area (Å²) in [5.41, 5.74) is 1.85. The van der Waals surface area contributed by atoms with Gasteiger partial charge in [-0.15, -0.1) is 26.6 Å². The number of nitrogens with zero attached hydrogens (tertiary/aromatic N) is 6. The van der Waals surface area contributed by atoms with Gasteiger partial charge in [-0.2, -0.15) is 4.52 Å². The molecule has 1 saturated heterocycles. The third kappa shape index (κ3) is 2.63. The van der Waals surface area contributed by atoms with Gasteiger partial charge in [0.05, 0.1) is 12.8 Å². The topological polar surface area (TPSA) is 68.4 Å². The van der Waals surface area contributed by atoms with Crippen LogP contribution in [0, 0.1) is 6.92 Å². The molecule has 0 radical (unpaired) electrons. The van der Waals surface area contributed by atoms with Gasteiger partial charge in [0.2, 0.25) is 5.88 Å². The van der Waals surface area contributed by atoms with E-state index in [1.807, 2.05) is 17.5 Å². The quantitative estimate of drug-likeness (QED) is 0.734. The molecule has 0 atom stereocenters. The first-order valence-corrected chi connectivity index (χ1v) is 8.56. The van der Waals surface area contributed by atoms with Gasteiger partial charge in [-0.1, -0.05) is 0 Å². The summed E-state index contributed by atoms with van der Waals surface area (Å²) in [7, 11) is 1.62. The number of aromatic nitrogens is 5. The van der Waals surface area contributed by atoms with Crippen LogP contribution < -0.4 is 9.64 Å². The predicted octanol–water partition coefficient (Wildman–Crippen LogP) is 2.28. The van der Waals surface area contributed by atoms with E-state index in [0.717, 1.165) is 48.2 Å². The second kappa shape index (κ2) is 5.77.